The van der Waals surface area contributed by atoms with Gasteiger partial charge in [0.15, 0.2) is 0 Å². The Kier molecular flexibility index (Phi) is 2.41. The molecule has 11 heavy (non-hydrogen) atoms. The first kappa shape index (κ1) is 7.91. The van der Waals surface area contributed by atoms with Crippen LogP contribution in [0.2, 0.25) is 0 Å². The fraction of sp³-hybridized carbons (Fsp3) is 1.00. The first-order chi connectivity index (χ1) is 5.34. The molecule has 2 rings (SSSR count). The maximum Gasteiger partial charge on any atom is 0.0336 e. The average molecular weight is 173 g/mol. The Bertz CT molecular complexity index is 121. The smallest absolute Gasteiger partial charge is 0.0336 e. The van der Waals surface area contributed by atoms with Crippen LogP contribution < -0.4 is 0 Å². The van der Waals surface area contributed by atoms with E-state index in [1.54, 1.807) is 0 Å². The second-order valence-corrected chi connectivity index (χ2v) is 4.91. The van der Waals surface area contributed by atoms with Gasteiger partial charge in [-0.05, 0) is 43.9 Å². The molecule has 0 aromatic rings. The summed E-state index contributed by atoms with van der Waals surface area (Å²) in [5, 5.41) is 0.505. The lowest BCUT2D eigenvalue weighted by molar-refractivity contribution is 0.329. The number of hydrogen-bond donors (Lipinski definition) is 0. The highest BCUT2D eigenvalue weighted by Gasteiger charge is 2.27. The molecule has 0 nitrogen and oxygen atoms in total. The first-order valence-electron chi connectivity index (χ1n) is 4.98. The van der Waals surface area contributed by atoms with Crippen LogP contribution in [0.5, 0.6) is 0 Å². The minimum atomic E-state index is 0.505. The molecule has 0 atom stereocenters. The standard InChI is InChI=1S/C10H17Cl/c11-10-5-3-9(4-6-10)7-8-1-2-8/h8-10H,1-7H2. The molecular weight excluding hydrogens is 156 g/mol. The monoisotopic (exact) mass is 172 g/mol. The van der Waals surface area contributed by atoms with Gasteiger partial charge < -0.3 is 0 Å². The zero-order chi connectivity index (χ0) is 7.68. The Morgan fingerprint density at radius 1 is 0.818 bits per heavy atom. The number of rotatable bonds is 2. The summed E-state index contributed by atoms with van der Waals surface area (Å²) in [5.74, 6) is 2.16. The molecule has 2 aliphatic carbocycles. The highest BCUT2D eigenvalue weighted by molar-refractivity contribution is 6.20. The first-order valence-corrected chi connectivity index (χ1v) is 5.42. The van der Waals surface area contributed by atoms with Gasteiger partial charge in [0.05, 0.1) is 0 Å². The summed E-state index contributed by atoms with van der Waals surface area (Å²) in [4.78, 5) is 0. The summed E-state index contributed by atoms with van der Waals surface area (Å²) >= 11 is 6.03. The van der Waals surface area contributed by atoms with E-state index in [-0.39, 0.29) is 0 Å². The third-order valence-electron chi connectivity index (χ3n) is 3.14. The summed E-state index contributed by atoms with van der Waals surface area (Å²) in [5.41, 5.74) is 0. The van der Waals surface area contributed by atoms with Gasteiger partial charge >= 0.3 is 0 Å². The molecule has 0 amide bonds. The van der Waals surface area contributed by atoms with E-state index in [4.69, 9.17) is 11.6 Å². The fourth-order valence-electron chi connectivity index (χ4n) is 2.18. The topological polar surface area (TPSA) is 0 Å². The van der Waals surface area contributed by atoms with Crippen LogP contribution in [0.3, 0.4) is 0 Å². The van der Waals surface area contributed by atoms with Gasteiger partial charge in [-0.25, -0.2) is 0 Å². The van der Waals surface area contributed by atoms with E-state index in [0.717, 1.165) is 11.8 Å². The van der Waals surface area contributed by atoms with Crippen molar-refractivity contribution in [3.8, 4) is 0 Å². The van der Waals surface area contributed by atoms with Crippen molar-refractivity contribution in [2.24, 2.45) is 11.8 Å². The lowest BCUT2D eigenvalue weighted by Crippen LogP contribution is -2.14. The molecule has 0 aromatic carbocycles. The van der Waals surface area contributed by atoms with Crippen molar-refractivity contribution in [2.45, 2.75) is 50.3 Å². The van der Waals surface area contributed by atoms with Crippen LogP contribution in [0, 0.1) is 11.8 Å². The molecule has 2 fully saturated rings. The minimum Gasteiger partial charge on any atom is -0.123 e. The molecule has 0 aliphatic heterocycles. The second-order valence-electron chi connectivity index (χ2n) is 4.30. The van der Waals surface area contributed by atoms with Crippen LogP contribution in [0.4, 0.5) is 0 Å². The van der Waals surface area contributed by atoms with Gasteiger partial charge in [-0.3, -0.25) is 0 Å². The SMILES string of the molecule is ClC1CCC(CC2CC2)CC1. The van der Waals surface area contributed by atoms with E-state index in [0.29, 0.717) is 5.38 Å². The van der Waals surface area contributed by atoms with E-state index in [1.165, 1.54) is 44.9 Å². The Balaban J connectivity index is 1.69. The number of alkyl halides is 1. The maximum atomic E-state index is 6.03. The maximum absolute atomic E-state index is 6.03. The molecule has 0 bridgehead atoms. The van der Waals surface area contributed by atoms with E-state index in [9.17, 15) is 0 Å². The average Bonchev–Trinajstić information content (AvgIpc) is 2.78. The minimum absolute atomic E-state index is 0.505. The molecular formula is C10H17Cl. The van der Waals surface area contributed by atoms with E-state index >= 15 is 0 Å². The van der Waals surface area contributed by atoms with Gasteiger partial charge in [0, 0.05) is 5.38 Å². The van der Waals surface area contributed by atoms with Crippen molar-refractivity contribution in [3.63, 3.8) is 0 Å². The van der Waals surface area contributed by atoms with Crippen molar-refractivity contribution in [1.82, 2.24) is 0 Å². The van der Waals surface area contributed by atoms with Crippen molar-refractivity contribution < 1.29 is 0 Å². The Morgan fingerprint density at radius 3 is 1.73 bits per heavy atom. The fourth-order valence-corrected chi connectivity index (χ4v) is 2.43. The van der Waals surface area contributed by atoms with Gasteiger partial charge in [-0.15, -0.1) is 11.6 Å². The molecule has 0 spiro atoms. The van der Waals surface area contributed by atoms with Crippen LogP contribution in [0.15, 0.2) is 0 Å². The van der Waals surface area contributed by atoms with Crippen LogP contribution in [0.1, 0.15) is 44.9 Å². The normalized spacial score (nSPS) is 39.0. The molecule has 2 aliphatic rings. The highest BCUT2D eigenvalue weighted by Crippen LogP contribution is 2.40. The molecule has 64 valence electrons. The quantitative estimate of drug-likeness (QED) is 0.559. The predicted octanol–water partition coefficient (Wildman–Crippen LogP) is 3.58. The largest absolute Gasteiger partial charge is 0.123 e. The molecule has 1 heteroatoms. The summed E-state index contributed by atoms with van der Waals surface area (Å²) in [6.07, 6.45) is 9.92. The Hall–Kier alpha value is 0.290. The number of halogens is 1. The van der Waals surface area contributed by atoms with Crippen molar-refractivity contribution in [2.75, 3.05) is 0 Å². The summed E-state index contributed by atoms with van der Waals surface area (Å²) < 4.78 is 0. The molecule has 0 heterocycles. The molecule has 0 unspecified atom stereocenters. The lowest BCUT2D eigenvalue weighted by Gasteiger charge is -2.24. The van der Waals surface area contributed by atoms with Gasteiger partial charge in [0.1, 0.15) is 0 Å². The summed E-state index contributed by atoms with van der Waals surface area (Å²) in [6, 6.07) is 0. The lowest BCUT2D eigenvalue weighted by atomic mass is 9.85. The predicted molar refractivity (Wildman–Crippen MR) is 48.9 cm³/mol. The second kappa shape index (κ2) is 3.35. The van der Waals surface area contributed by atoms with E-state index in [2.05, 4.69) is 0 Å². The molecule has 2 saturated carbocycles. The van der Waals surface area contributed by atoms with Gasteiger partial charge in [-0.1, -0.05) is 12.8 Å². The Labute approximate surface area is 74.3 Å². The van der Waals surface area contributed by atoms with E-state index in [1.807, 2.05) is 0 Å². The van der Waals surface area contributed by atoms with Crippen LogP contribution in [-0.4, -0.2) is 5.38 Å². The third-order valence-corrected chi connectivity index (χ3v) is 3.58. The molecule has 0 aromatic heterocycles. The highest BCUT2D eigenvalue weighted by atomic mass is 35.5. The van der Waals surface area contributed by atoms with Gasteiger partial charge in [0.2, 0.25) is 0 Å². The molecule has 0 saturated heterocycles. The van der Waals surface area contributed by atoms with E-state index < -0.39 is 0 Å². The molecule has 0 radical (unpaired) electrons. The van der Waals surface area contributed by atoms with Gasteiger partial charge in [0.25, 0.3) is 0 Å². The van der Waals surface area contributed by atoms with Crippen molar-refractivity contribution in [1.29, 1.82) is 0 Å². The van der Waals surface area contributed by atoms with Crippen LogP contribution in [0.25, 0.3) is 0 Å². The Morgan fingerprint density at radius 2 is 1.27 bits per heavy atom. The molecule has 0 N–H and O–H groups in total. The van der Waals surface area contributed by atoms with Crippen molar-refractivity contribution in [3.05, 3.63) is 0 Å². The summed E-state index contributed by atoms with van der Waals surface area (Å²) in [6.45, 7) is 0. The summed E-state index contributed by atoms with van der Waals surface area (Å²) in [7, 11) is 0. The van der Waals surface area contributed by atoms with Crippen LogP contribution in [-0.2, 0) is 0 Å². The number of hydrogen-bond acceptors (Lipinski definition) is 0. The zero-order valence-electron chi connectivity index (χ0n) is 7.06. The van der Waals surface area contributed by atoms with Crippen molar-refractivity contribution >= 4 is 11.6 Å². The van der Waals surface area contributed by atoms with Gasteiger partial charge in [-0.2, -0.15) is 0 Å². The van der Waals surface area contributed by atoms with Crippen LogP contribution >= 0.6 is 11.6 Å². The third kappa shape index (κ3) is 2.37. The zero-order valence-corrected chi connectivity index (χ0v) is 7.82.